The Morgan fingerprint density at radius 3 is 2.12 bits per heavy atom. The van der Waals surface area contributed by atoms with Gasteiger partial charge in [0.15, 0.2) is 0 Å². The number of aliphatic carboxylic acids is 2. The molecule has 6 nitrogen and oxygen atoms in total. The van der Waals surface area contributed by atoms with E-state index >= 15 is 0 Å². The highest BCUT2D eigenvalue weighted by molar-refractivity contribution is 7.99. The Morgan fingerprint density at radius 2 is 1.64 bits per heavy atom. The Bertz CT molecular complexity index is 527. The molecule has 0 aliphatic carbocycles. The van der Waals surface area contributed by atoms with Crippen LogP contribution < -0.4 is 0 Å². The van der Waals surface area contributed by atoms with Crippen molar-refractivity contribution < 1.29 is 24.5 Å². The lowest BCUT2D eigenvalue weighted by Crippen LogP contribution is -2.45. The maximum atomic E-state index is 9.10. The Hall–Kier alpha value is -1.57. The molecule has 0 amide bonds. The second kappa shape index (κ2) is 11.1. The second-order valence-electron chi connectivity index (χ2n) is 6.14. The fourth-order valence-electron chi connectivity index (χ4n) is 2.58. The van der Waals surface area contributed by atoms with Gasteiger partial charge in [-0.05, 0) is 51.6 Å². The van der Waals surface area contributed by atoms with E-state index in [0.717, 1.165) is 13.1 Å². The van der Waals surface area contributed by atoms with E-state index < -0.39 is 11.9 Å². The molecule has 2 unspecified atom stereocenters. The van der Waals surface area contributed by atoms with Crippen molar-refractivity contribution >= 4 is 23.7 Å². The smallest absolute Gasteiger partial charge is 0.414 e. The number of carboxylic acid groups (broad SMARTS) is 2. The summed E-state index contributed by atoms with van der Waals surface area (Å²) in [7, 11) is 0. The van der Waals surface area contributed by atoms with Crippen LogP contribution in [0.5, 0.6) is 0 Å². The number of benzene rings is 1. The standard InChI is InChI=1S/C16H25NOS.C2H2O4/c1-13-5-7-16(8-6-13)19-10-4-9-17-11-14(2)18-15(3)12-17;3-1(4)2(5)6/h5-8,14-15H,4,9-12H2,1-3H3;(H,3,4)(H,5,6). The average Bonchev–Trinajstić information content (AvgIpc) is 2.53. The number of rotatable bonds is 5. The van der Waals surface area contributed by atoms with Crippen LogP contribution in [0.1, 0.15) is 25.8 Å². The van der Waals surface area contributed by atoms with Crippen LogP contribution in [-0.2, 0) is 14.3 Å². The van der Waals surface area contributed by atoms with E-state index in [-0.39, 0.29) is 0 Å². The van der Waals surface area contributed by atoms with Crippen LogP contribution in [0.4, 0.5) is 0 Å². The van der Waals surface area contributed by atoms with Crippen molar-refractivity contribution in [2.75, 3.05) is 25.4 Å². The van der Waals surface area contributed by atoms with Gasteiger partial charge in [-0.15, -0.1) is 11.8 Å². The molecular formula is C18H27NO5S. The maximum absolute atomic E-state index is 9.10. The Labute approximate surface area is 153 Å². The van der Waals surface area contributed by atoms with Crippen molar-refractivity contribution in [1.82, 2.24) is 4.90 Å². The van der Waals surface area contributed by atoms with Gasteiger partial charge in [0.05, 0.1) is 12.2 Å². The van der Waals surface area contributed by atoms with Crippen molar-refractivity contribution in [3.05, 3.63) is 29.8 Å². The number of ether oxygens (including phenoxy) is 1. The highest BCUT2D eigenvalue weighted by Crippen LogP contribution is 2.19. The lowest BCUT2D eigenvalue weighted by Gasteiger charge is -2.35. The van der Waals surface area contributed by atoms with Gasteiger partial charge in [0.25, 0.3) is 0 Å². The van der Waals surface area contributed by atoms with Gasteiger partial charge in [-0.2, -0.15) is 0 Å². The molecule has 25 heavy (non-hydrogen) atoms. The zero-order valence-electron chi connectivity index (χ0n) is 15.0. The Morgan fingerprint density at radius 1 is 1.12 bits per heavy atom. The predicted octanol–water partition coefficient (Wildman–Crippen LogP) is 2.74. The van der Waals surface area contributed by atoms with E-state index in [1.54, 1.807) is 0 Å². The monoisotopic (exact) mass is 369 g/mol. The summed E-state index contributed by atoms with van der Waals surface area (Å²) in [4.78, 5) is 22.1. The van der Waals surface area contributed by atoms with Crippen LogP contribution in [0.3, 0.4) is 0 Å². The molecule has 1 saturated heterocycles. The third-order valence-electron chi connectivity index (χ3n) is 3.59. The molecule has 0 aromatic heterocycles. The van der Waals surface area contributed by atoms with Crippen LogP contribution in [0.15, 0.2) is 29.2 Å². The van der Waals surface area contributed by atoms with Gasteiger partial charge in [0.2, 0.25) is 0 Å². The van der Waals surface area contributed by atoms with Crippen molar-refractivity contribution in [3.8, 4) is 0 Å². The molecule has 0 saturated carbocycles. The fourth-order valence-corrected chi connectivity index (χ4v) is 3.42. The number of carbonyl (C=O) groups is 2. The van der Waals surface area contributed by atoms with Gasteiger partial charge in [-0.1, -0.05) is 17.7 Å². The Balaban J connectivity index is 0.000000450. The van der Waals surface area contributed by atoms with E-state index in [9.17, 15) is 0 Å². The number of hydrogen-bond acceptors (Lipinski definition) is 5. The first kappa shape index (κ1) is 21.5. The van der Waals surface area contributed by atoms with Crippen LogP contribution >= 0.6 is 11.8 Å². The normalized spacial score (nSPS) is 20.4. The van der Waals surface area contributed by atoms with Gasteiger partial charge < -0.3 is 14.9 Å². The van der Waals surface area contributed by atoms with Gasteiger partial charge in [0.1, 0.15) is 0 Å². The number of aryl methyl sites for hydroxylation is 1. The van der Waals surface area contributed by atoms with Crippen LogP contribution in [-0.4, -0.2) is 64.6 Å². The van der Waals surface area contributed by atoms with Gasteiger partial charge >= 0.3 is 11.9 Å². The minimum absolute atomic E-state index is 0.383. The highest BCUT2D eigenvalue weighted by Gasteiger charge is 2.21. The minimum atomic E-state index is -1.82. The largest absolute Gasteiger partial charge is 0.473 e. The van der Waals surface area contributed by atoms with Crippen LogP contribution in [0, 0.1) is 6.92 Å². The summed E-state index contributed by atoms with van der Waals surface area (Å²) >= 11 is 1.96. The molecule has 7 heteroatoms. The molecule has 0 bridgehead atoms. The summed E-state index contributed by atoms with van der Waals surface area (Å²) in [6.45, 7) is 9.83. The number of carboxylic acids is 2. The maximum Gasteiger partial charge on any atom is 0.414 e. The molecule has 1 heterocycles. The number of nitrogens with zero attached hydrogens (tertiary/aromatic N) is 1. The van der Waals surface area contributed by atoms with Gasteiger partial charge in [-0.3, -0.25) is 4.90 Å². The summed E-state index contributed by atoms with van der Waals surface area (Å²) in [5.41, 5.74) is 1.33. The van der Waals surface area contributed by atoms with Gasteiger partial charge in [-0.25, -0.2) is 9.59 Å². The van der Waals surface area contributed by atoms with Crippen molar-refractivity contribution in [1.29, 1.82) is 0 Å². The molecule has 1 aliphatic heterocycles. The number of hydrogen-bond donors (Lipinski definition) is 2. The molecule has 1 aromatic carbocycles. The van der Waals surface area contributed by atoms with E-state index in [2.05, 4.69) is 49.9 Å². The summed E-state index contributed by atoms with van der Waals surface area (Å²) in [5.74, 6) is -2.45. The number of morpholine rings is 1. The quantitative estimate of drug-likeness (QED) is 0.469. The topological polar surface area (TPSA) is 87.1 Å². The minimum Gasteiger partial charge on any atom is -0.473 e. The second-order valence-corrected chi connectivity index (χ2v) is 7.31. The summed E-state index contributed by atoms with van der Waals surface area (Å²) in [6.07, 6.45) is 2.01. The van der Waals surface area contributed by atoms with E-state index in [4.69, 9.17) is 24.5 Å². The molecule has 2 rings (SSSR count). The lowest BCUT2D eigenvalue weighted by molar-refractivity contribution is -0.159. The first-order valence-electron chi connectivity index (χ1n) is 8.31. The zero-order chi connectivity index (χ0) is 18.8. The van der Waals surface area contributed by atoms with Crippen LogP contribution in [0.2, 0.25) is 0 Å². The van der Waals surface area contributed by atoms with Crippen molar-refractivity contribution in [3.63, 3.8) is 0 Å². The van der Waals surface area contributed by atoms with Gasteiger partial charge in [0, 0.05) is 18.0 Å². The van der Waals surface area contributed by atoms with Crippen molar-refractivity contribution in [2.24, 2.45) is 0 Å². The third kappa shape index (κ3) is 9.48. The number of thioether (sulfide) groups is 1. The first-order chi connectivity index (χ1) is 11.8. The molecule has 140 valence electrons. The lowest BCUT2D eigenvalue weighted by atomic mass is 10.2. The van der Waals surface area contributed by atoms with Crippen LogP contribution in [0.25, 0.3) is 0 Å². The molecule has 1 fully saturated rings. The van der Waals surface area contributed by atoms with E-state index in [1.165, 1.54) is 29.2 Å². The molecule has 1 aromatic rings. The summed E-state index contributed by atoms with van der Waals surface area (Å²) < 4.78 is 5.76. The summed E-state index contributed by atoms with van der Waals surface area (Å²) in [5, 5.41) is 14.8. The average molecular weight is 369 g/mol. The van der Waals surface area contributed by atoms with Crippen molar-refractivity contribution in [2.45, 2.75) is 44.3 Å². The molecule has 2 atom stereocenters. The SMILES string of the molecule is Cc1ccc(SCCCN2CC(C)OC(C)C2)cc1.O=C(O)C(=O)O. The van der Waals surface area contributed by atoms with E-state index in [1.807, 2.05) is 11.8 Å². The Kier molecular flexibility index (Phi) is 9.55. The fraction of sp³-hybridized carbons (Fsp3) is 0.556. The molecule has 1 aliphatic rings. The molecule has 0 spiro atoms. The first-order valence-corrected chi connectivity index (χ1v) is 9.30. The predicted molar refractivity (Wildman–Crippen MR) is 98.2 cm³/mol. The highest BCUT2D eigenvalue weighted by atomic mass is 32.2. The zero-order valence-corrected chi connectivity index (χ0v) is 15.8. The molecular weight excluding hydrogens is 342 g/mol. The molecule has 0 radical (unpaired) electrons. The van der Waals surface area contributed by atoms with E-state index in [0.29, 0.717) is 12.2 Å². The third-order valence-corrected chi connectivity index (χ3v) is 4.68. The summed E-state index contributed by atoms with van der Waals surface area (Å²) in [6, 6.07) is 8.82. The molecule has 2 N–H and O–H groups in total.